The van der Waals surface area contributed by atoms with Crippen molar-refractivity contribution in [1.29, 1.82) is 0 Å². The van der Waals surface area contributed by atoms with Crippen LogP contribution >= 0.6 is 11.6 Å². The van der Waals surface area contributed by atoms with Crippen molar-refractivity contribution in [3.63, 3.8) is 0 Å². The summed E-state index contributed by atoms with van der Waals surface area (Å²) in [6.07, 6.45) is 2.33. The van der Waals surface area contributed by atoms with Crippen molar-refractivity contribution in [2.24, 2.45) is 5.92 Å². The number of ether oxygens (including phenoxy) is 1. The Morgan fingerprint density at radius 2 is 2.23 bits per heavy atom. The molecule has 2 rings (SSSR count). The van der Waals surface area contributed by atoms with E-state index in [-0.39, 0.29) is 5.91 Å². The van der Waals surface area contributed by atoms with Gasteiger partial charge in [0.15, 0.2) is 0 Å². The van der Waals surface area contributed by atoms with Crippen LogP contribution in [-0.4, -0.2) is 42.1 Å². The zero-order valence-corrected chi connectivity index (χ0v) is 13.3. The molecule has 1 unspecified atom stereocenters. The molecule has 1 aliphatic heterocycles. The van der Waals surface area contributed by atoms with Crippen LogP contribution in [0.3, 0.4) is 0 Å². The number of hydrogen-bond acceptors (Lipinski definition) is 3. The fourth-order valence-electron chi connectivity index (χ4n) is 2.68. The molecule has 1 saturated heterocycles. The highest BCUT2D eigenvalue weighted by atomic mass is 35.5. The Labute approximate surface area is 134 Å². The van der Waals surface area contributed by atoms with E-state index in [2.05, 4.69) is 0 Å². The molecule has 0 aromatic heterocycles. The van der Waals surface area contributed by atoms with Gasteiger partial charge < -0.3 is 14.7 Å². The highest BCUT2D eigenvalue weighted by molar-refractivity contribution is 6.32. The van der Waals surface area contributed by atoms with E-state index in [1.165, 1.54) is 0 Å². The third-order valence-corrected chi connectivity index (χ3v) is 4.26. The van der Waals surface area contributed by atoms with Crippen LogP contribution in [0.15, 0.2) is 18.2 Å². The molecule has 1 aromatic carbocycles. The Kier molecular flexibility index (Phi) is 5.66. The highest BCUT2D eigenvalue weighted by Gasteiger charge is 2.27. The zero-order valence-electron chi connectivity index (χ0n) is 12.5. The lowest BCUT2D eigenvalue weighted by Gasteiger charge is -2.30. The smallest absolute Gasteiger partial charge is 0.308 e. The number of rotatable bonds is 5. The van der Waals surface area contributed by atoms with Crippen LogP contribution in [0.4, 0.5) is 0 Å². The van der Waals surface area contributed by atoms with Crippen LogP contribution in [0, 0.1) is 5.92 Å². The summed E-state index contributed by atoms with van der Waals surface area (Å²) in [4.78, 5) is 24.9. The Morgan fingerprint density at radius 3 is 2.86 bits per heavy atom. The average Bonchev–Trinajstić information content (AvgIpc) is 2.52. The number of nitrogens with zero attached hydrogens (tertiary/aromatic N) is 1. The summed E-state index contributed by atoms with van der Waals surface area (Å²) in [6.45, 7) is 0.962. The number of aliphatic carboxylic acids is 1. The number of carboxylic acids is 1. The second kappa shape index (κ2) is 7.49. The minimum atomic E-state index is -0.820. The SMILES string of the molecule is COc1ccc(CCC(=O)N2CCCC(C(=O)O)C2)cc1Cl. The van der Waals surface area contributed by atoms with Crippen molar-refractivity contribution in [3.05, 3.63) is 28.8 Å². The second-order valence-corrected chi connectivity index (χ2v) is 5.89. The average molecular weight is 326 g/mol. The third-order valence-electron chi connectivity index (χ3n) is 3.97. The standard InChI is InChI=1S/C16H20ClNO4/c1-22-14-6-4-11(9-13(14)17)5-7-15(19)18-8-2-3-12(10-18)16(20)21/h4,6,9,12H,2-3,5,7-8,10H2,1H3,(H,20,21). The van der Waals surface area contributed by atoms with Gasteiger partial charge in [0.05, 0.1) is 18.1 Å². The second-order valence-electron chi connectivity index (χ2n) is 5.49. The molecule has 1 fully saturated rings. The van der Waals surface area contributed by atoms with Gasteiger partial charge in [-0.05, 0) is 37.0 Å². The molecule has 120 valence electrons. The first kappa shape index (κ1) is 16.6. The molecule has 1 aromatic rings. The maximum absolute atomic E-state index is 12.2. The van der Waals surface area contributed by atoms with Crippen molar-refractivity contribution in [3.8, 4) is 5.75 Å². The molecule has 22 heavy (non-hydrogen) atoms. The molecule has 0 saturated carbocycles. The summed E-state index contributed by atoms with van der Waals surface area (Å²) in [6, 6.07) is 5.46. The van der Waals surface area contributed by atoms with Gasteiger partial charge in [-0.1, -0.05) is 17.7 Å². The van der Waals surface area contributed by atoms with Gasteiger partial charge in [0.2, 0.25) is 5.91 Å². The van der Waals surface area contributed by atoms with Crippen molar-refractivity contribution in [1.82, 2.24) is 4.90 Å². The van der Waals surface area contributed by atoms with Crippen LogP contribution in [-0.2, 0) is 16.0 Å². The molecule has 0 bridgehead atoms. The van der Waals surface area contributed by atoms with Crippen LogP contribution in [0.25, 0.3) is 0 Å². The van der Waals surface area contributed by atoms with E-state index in [1.54, 1.807) is 24.1 Å². The minimum Gasteiger partial charge on any atom is -0.495 e. The number of amides is 1. The Morgan fingerprint density at radius 1 is 1.45 bits per heavy atom. The van der Waals surface area contributed by atoms with E-state index in [4.69, 9.17) is 21.4 Å². The largest absolute Gasteiger partial charge is 0.495 e. The van der Waals surface area contributed by atoms with E-state index in [1.807, 2.05) is 6.07 Å². The van der Waals surface area contributed by atoms with E-state index < -0.39 is 11.9 Å². The van der Waals surface area contributed by atoms with Crippen molar-refractivity contribution in [2.75, 3.05) is 20.2 Å². The van der Waals surface area contributed by atoms with Gasteiger partial charge in [-0.2, -0.15) is 0 Å². The first-order valence-corrected chi connectivity index (χ1v) is 7.72. The number of methoxy groups -OCH3 is 1. The van der Waals surface area contributed by atoms with E-state index >= 15 is 0 Å². The van der Waals surface area contributed by atoms with Gasteiger partial charge in [-0.15, -0.1) is 0 Å². The van der Waals surface area contributed by atoms with Crippen molar-refractivity contribution >= 4 is 23.5 Å². The number of benzene rings is 1. The summed E-state index contributed by atoms with van der Waals surface area (Å²) in [5, 5.41) is 9.59. The quantitative estimate of drug-likeness (QED) is 0.903. The fourth-order valence-corrected chi connectivity index (χ4v) is 2.96. The first-order valence-electron chi connectivity index (χ1n) is 7.34. The zero-order chi connectivity index (χ0) is 16.1. The fraction of sp³-hybridized carbons (Fsp3) is 0.500. The lowest BCUT2D eigenvalue weighted by molar-refractivity contribution is -0.145. The van der Waals surface area contributed by atoms with Crippen molar-refractivity contribution in [2.45, 2.75) is 25.7 Å². The predicted octanol–water partition coefficient (Wildman–Crippen LogP) is 2.60. The molecule has 1 aliphatic rings. The normalized spacial score (nSPS) is 18.1. The molecule has 1 N–H and O–H groups in total. The lowest BCUT2D eigenvalue weighted by Crippen LogP contribution is -2.42. The van der Waals surface area contributed by atoms with Gasteiger partial charge in [-0.3, -0.25) is 9.59 Å². The Balaban J connectivity index is 1.89. The number of likely N-dealkylation sites (tertiary alicyclic amines) is 1. The van der Waals surface area contributed by atoms with Crippen molar-refractivity contribution < 1.29 is 19.4 Å². The predicted molar refractivity (Wildman–Crippen MR) is 83.3 cm³/mol. The van der Waals surface area contributed by atoms with Crippen LogP contribution in [0.2, 0.25) is 5.02 Å². The monoisotopic (exact) mass is 325 g/mol. The van der Waals surface area contributed by atoms with Gasteiger partial charge in [0.25, 0.3) is 0 Å². The molecule has 0 spiro atoms. The number of carbonyl (C=O) groups is 2. The third kappa shape index (κ3) is 4.13. The topological polar surface area (TPSA) is 66.8 Å². The van der Waals surface area contributed by atoms with Gasteiger partial charge in [0, 0.05) is 19.5 Å². The van der Waals surface area contributed by atoms with Gasteiger partial charge in [-0.25, -0.2) is 0 Å². The molecular formula is C16H20ClNO4. The maximum Gasteiger partial charge on any atom is 0.308 e. The summed E-state index contributed by atoms with van der Waals surface area (Å²) in [7, 11) is 1.56. The molecule has 5 nitrogen and oxygen atoms in total. The maximum atomic E-state index is 12.2. The number of halogens is 1. The Bertz CT molecular complexity index is 561. The summed E-state index contributed by atoms with van der Waals surface area (Å²) in [5.41, 5.74) is 0.964. The molecule has 1 amide bonds. The number of hydrogen-bond donors (Lipinski definition) is 1. The Hall–Kier alpha value is -1.75. The van der Waals surface area contributed by atoms with E-state index in [0.29, 0.717) is 43.1 Å². The van der Waals surface area contributed by atoms with Crippen LogP contribution in [0.1, 0.15) is 24.8 Å². The number of aryl methyl sites for hydroxylation is 1. The van der Waals surface area contributed by atoms with E-state index in [0.717, 1.165) is 12.0 Å². The summed E-state index contributed by atoms with van der Waals surface area (Å²) < 4.78 is 5.09. The summed E-state index contributed by atoms with van der Waals surface area (Å²) >= 11 is 6.06. The number of carboxylic acid groups (broad SMARTS) is 1. The molecule has 0 radical (unpaired) electrons. The first-order chi connectivity index (χ1) is 10.5. The van der Waals surface area contributed by atoms with E-state index in [9.17, 15) is 9.59 Å². The number of piperidine rings is 1. The number of carbonyl (C=O) groups excluding carboxylic acids is 1. The lowest BCUT2D eigenvalue weighted by atomic mass is 9.97. The molecule has 0 aliphatic carbocycles. The minimum absolute atomic E-state index is 0.00195. The van der Waals surface area contributed by atoms with Gasteiger partial charge >= 0.3 is 5.97 Å². The van der Waals surface area contributed by atoms with Gasteiger partial charge in [0.1, 0.15) is 5.75 Å². The van der Waals surface area contributed by atoms with Crippen LogP contribution < -0.4 is 4.74 Å². The molecule has 1 heterocycles. The molecule has 6 heteroatoms. The molecular weight excluding hydrogens is 306 g/mol. The summed E-state index contributed by atoms with van der Waals surface area (Å²) in [5.74, 6) is -0.650. The van der Waals surface area contributed by atoms with Crippen LogP contribution in [0.5, 0.6) is 5.75 Å². The highest BCUT2D eigenvalue weighted by Crippen LogP contribution is 2.25. The molecule has 1 atom stereocenters.